The molecule has 2 amide bonds. The van der Waals surface area contributed by atoms with Crippen molar-refractivity contribution in [2.75, 3.05) is 26.7 Å². The van der Waals surface area contributed by atoms with Crippen LogP contribution in [0.5, 0.6) is 0 Å². The Hall–Kier alpha value is -1.62. The number of rotatable bonds is 3. The van der Waals surface area contributed by atoms with E-state index in [9.17, 15) is 9.18 Å². The number of nitrogens with zero attached hydrogens (tertiary/aromatic N) is 2. The van der Waals surface area contributed by atoms with E-state index in [1.165, 1.54) is 12.5 Å². The average molecular weight is 333 g/mol. The summed E-state index contributed by atoms with van der Waals surface area (Å²) in [5.74, 6) is 0.386. The van der Waals surface area contributed by atoms with Crippen LogP contribution in [0.25, 0.3) is 0 Å². The number of piperidine rings is 2. The van der Waals surface area contributed by atoms with Crippen molar-refractivity contribution in [3.8, 4) is 0 Å². The van der Waals surface area contributed by atoms with Gasteiger partial charge in [-0.2, -0.15) is 0 Å². The number of nitrogens with one attached hydrogen (secondary N) is 1. The molecule has 0 bridgehead atoms. The van der Waals surface area contributed by atoms with Crippen molar-refractivity contribution in [3.05, 3.63) is 35.6 Å². The summed E-state index contributed by atoms with van der Waals surface area (Å²) >= 11 is 0. The van der Waals surface area contributed by atoms with Crippen LogP contribution >= 0.6 is 0 Å². The Labute approximate surface area is 144 Å². The quantitative estimate of drug-likeness (QED) is 0.923. The second kappa shape index (κ2) is 7.51. The number of carbonyl (C=O) groups excluding carboxylic acids is 1. The minimum Gasteiger partial charge on any atom is -0.335 e. The second-order valence-corrected chi connectivity index (χ2v) is 7.36. The van der Waals surface area contributed by atoms with E-state index in [0.29, 0.717) is 23.9 Å². The molecular weight excluding hydrogens is 305 g/mol. The summed E-state index contributed by atoms with van der Waals surface area (Å²) in [6, 6.07) is 7.06. The molecular formula is C19H28FN3O. The highest BCUT2D eigenvalue weighted by atomic mass is 19.1. The van der Waals surface area contributed by atoms with E-state index in [2.05, 4.69) is 17.3 Å². The Bertz CT molecular complexity index is 579. The van der Waals surface area contributed by atoms with Crippen LogP contribution in [0.1, 0.15) is 31.7 Å². The van der Waals surface area contributed by atoms with Gasteiger partial charge in [0.15, 0.2) is 0 Å². The van der Waals surface area contributed by atoms with Crippen molar-refractivity contribution >= 4 is 6.03 Å². The lowest BCUT2D eigenvalue weighted by Crippen LogP contribution is -2.58. The van der Waals surface area contributed by atoms with Gasteiger partial charge in [-0.1, -0.05) is 18.2 Å². The lowest BCUT2D eigenvalue weighted by atomic mass is 9.84. The molecule has 0 saturated carbocycles. The largest absolute Gasteiger partial charge is 0.335 e. The van der Waals surface area contributed by atoms with Gasteiger partial charge in [0.25, 0.3) is 0 Å². The minimum absolute atomic E-state index is 0.0121. The molecule has 1 aromatic carbocycles. The molecule has 1 aromatic rings. The zero-order valence-electron chi connectivity index (χ0n) is 14.7. The van der Waals surface area contributed by atoms with Crippen molar-refractivity contribution in [3.63, 3.8) is 0 Å². The first kappa shape index (κ1) is 17.2. The van der Waals surface area contributed by atoms with E-state index in [1.807, 2.05) is 17.9 Å². The van der Waals surface area contributed by atoms with Crippen molar-refractivity contribution in [2.45, 2.75) is 44.7 Å². The Morgan fingerprint density at radius 3 is 2.92 bits per heavy atom. The number of carbonyl (C=O) groups is 1. The molecule has 3 rings (SSSR count). The second-order valence-electron chi connectivity index (χ2n) is 7.36. The van der Waals surface area contributed by atoms with Crippen LogP contribution in [0.4, 0.5) is 9.18 Å². The normalized spacial score (nSPS) is 25.9. The van der Waals surface area contributed by atoms with Gasteiger partial charge in [-0.25, -0.2) is 9.18 Å². The predicted molar refractivity (Wildman–Crippen MR) is 93.4 cm³/mol. The third-order valence-electron chi connectivity index (χ3n) is 5.39. The van der Waals surface area contributed by atoms with Gasteiger partial charge in [0.1, 0.15) is 5.82 Å². The van der Waals surface area contributed by atoms with E-state index in [1.54, 1.807) is 12.1 Å². The maximum atomic E-state index is 13.8. The molecule has 3 unspecified atom stereocenters. The summed E-state index contributed by atoms with van der Waals surface area (Å²) in [5, 5.41) is 3.08. The fourth-order valence-corrected chi connectivity index (χ4v) is 4.18. The molecule has 2 heterocycles. The molecule has 24 heavy (non-hydrogen) atoms. The highest BCUT2D eigenvalue weighted by molar-refractivity contribution is 5.75. The third-order valence-corrected chi connectivity index (χ3v) is 5.39. The molecule has 0 aliphatic carbocycles. The summed E-state index contributed by atoms with van der Waals surface area (Å²) in [4.78, 5) is 17.1. The van der Waals surface area contributed by atoms with Crippen LogP contribution in [0, 0.1) is 11.7 Å². The molecule has 132 valence electrons. The molecule has 2 aliphatic heterocycles. The molecule has 0 spiro atoms. The summed E-state index contributed by atoms with van der Waals surface area (Å²) in [6.45, 7) is 4.92. The SMILES string of the molecule is CC(Cc1ccccc1F)NC(=O)N1CCCC2CN(C)CCC21. The van der Waals surface area contributed by atoms with Crippen LogP contribution in [0.15, 0.2) is 24.3 Å². The van der Waals surface area contributed by atoms with E-state index in [0.717, 1.165) is 32.5 Å². The monoisotopic (exact) mass is 333 g/mol. The number of halogens is 1. The Kier molecular flexibility index (Phi) is 5.39. The first-order chi connectivity index (χ1) is 11.5. The minimum atomic E-state index is -0.202. The molecule has 3 atom stereocenters. The summed E-state index contributed by atoms with van der Waals surface area (Å²) < 4.78 is 13.8. The van der Waals surface area contributed by atoms with Crippen LogP contribution < -0.4 is 5.32 Å². The fraction of sp³-hybridized carbons (Fsp3) is 0.632. The number of amides is 2. The van der Waals surface area contributed by atoms with E-state index >= 15 is 0 Å². The zero-order chi connectivity index (χ0) is 17.1. The van der Waals surface area contributed by atoms with Crippen LogP contribution in [-0.4, -0.2) is 54.6 Å². The average Bonchev–Trinajstić information content (AvgIpc) is 2.56. The van der Waals surface area contributed by atoms with Gasteiger partial charge < -0.3 is 15.1 Å². The van der Waals surface area contributed by atoms with Crippen molar-refractivity contribution < 1.29 is 9.18 Å². The van der Waals surface area contributed by atoms with Crippen molar-refractivity contribution in [1.29, 1.82) is 0 Å². The predicted octanol–water partition coefficient (Wildman–Crippen LogP) is 2.88. The highest BCUT2D eigenvalue weighted by Crippen LogP contribution is 2.30. The number of hydrogen-bond donors (Lipinski definition) is 1. The molecule has 2 aliphatic rings. The van der Waals surface area contributed by atoms with E-state index in [4.69, 9.17) is 0 Å². The molecule has 2 saturated heterocycles. The molecule has 0 aromatic heterocycles. The van der Waals surface area contributed by atoms with Gasteiger partial charge in [0.2, 0.25) is 0 Å². The van der Waals surface area contributed by atoms with E-state index < -0.39 is 0 Å². The van der Waals surface area contributed by atoms with Crippen molar-refractivity contribution in [2.24, 2.45) is 5.92 Å². The maximum Gasteiger partial charge on any atom is 0.317 e. The Morgan fingerprint density at radius 1 is 1.33 bits per heavy atom. The standard InChI is InChI=1S/C19H28FN3O/c1-14(12-15-6-3-4-8-17(15)20)21-19(24)23-10-5-7-16-13-22(2)11-9-18(16)23/h3-4,6,8,14,16,18H,5,7,9-13H2,1-2H3,(H,21,24). The first-order valence-corrected chi connectivity index (χ1v) is 9.03. The van der Waals surface area contributed by atoms with Crippen LogP contribution in [0.3, 0.4) is 0 Å². The van der Waals surface area contributed by atoms with Gasteiger partial charge in [-0.05, 0) is 63.7 Å². The van der Waals surface area contributed by atoms with Gasteiger partial charge >= 0.3 is 6.03 Å². The summed E-state index contributed by atoms with van der Waals surface area (Å²) in [6.07, 6.45) is 3.85. The third kappa shape index (κ3) is 3.89. The summed E-state index contributed by atoms with van der Waals surface area (Å²) in [7, 11) is 2.16. The highest BCUT2D eigenvalue weighted by Gasteiger charge is 2.37. The van der Waals surface area contributed by atoms with Crippen LogP contribution in [-0.2, 0) is 6.42 Å². The molecule has 0 radical (unpaired) electrons. The van der Waals surface area contributed by atoms with Gasteiger partial charge in [-0.3, -0.25) is 0 Å². The Balaban J connectivity index is 1.58. The molecule has 2 fully saturated rings. The zero-order valence-corrected chi connectivity index (χ0v) is 14.7. The molecule has 4 nitrogen and oxygen atoms in total. The smallest absolute Gasteiger partial charge is 0.317 e. The topological polar surface area (TPSA) is 35.6 Å². The van der Waals surface area contributed by atoms with Crippen LogP contribution in [0.2, 0.25) is 0 Å². The maximum absolute atomic E-state index is 13.8. The molecule has 5 heteroatoms. The lowest BCUT2D eigenvalue weighted by Gasteiger charge is -2.46. The lowest BCUT2D eigenvalue weighted by molar-refractivity contribution is 0.0526. The Morgan fingerprint density at radius 2 is 2.12 bits per heavy atom. The number of benzene rings is 1. The number of hydrogen-bond acceptors (Lipinski definition) is 2. The summed E-state index contributed by atoms with van der Waals surface area (Å²) in [5.41, 5.74) is 0.654. The first-order valence-electron chi connectivity index (χ1n) is 9.03. The van der Waals surface area contributed by atoms with Gasteiger partial charge in [-0.15, -0.1) is 0 Å². The van der Waals surface area contributed by atoms with Crippen molar-refractivity contribution in [1.82, 2.24) is 15.1 Å². The number of fused-ring (bicyclic) bond motifs is 1. The number of likely N-dealkylation sites (tertiary alicyclic amines) is 2. The van der Waals surface area contributed by atoms with Gasteiger partial charge in [0.05, 0.1) is 0 Å². The fourth-order valence-electron chi connectivity index (χ4n) is 4.18. The molecule has 1 N–H and O–H groups in total. The van der Waals surface area contributed by atoms with E-state index in [-0.39, 0.29) is 17.9 Å². The van der Waals surface area contributed by atoms with Gasteiger partial charge in [0, 0.05) is 25.2 Å². The number of urea groups is 1.